The zero-order valence-corrected chi connectivity index (χ0v) is 17.8. The van der Waals surface area contributed by atoms with Crippen LogP contribution < -0.4 is 20.1 Å². The van der Waals surface area contributed by atoms with Gasteiger partial charge in [0.15, 0.2) is 17.3 Å². The maximum Gasteiger partial charge on any atom is 0.325 e. The summed E-state index contributed by atoms with van der Waals surface area (Å²) in [6.07, 6.45) is 0.745. The predicted molar refractivity (Wildman–Crippen MR) is 115 cm³/mol. The van der Waals surface area contributed by atoms with Crippen molar-refractivity contribution in [3.05, 3.63) is 53.6 Å². The van der Waals surface area contributed by atoms with Crippen LogP contribution in [0.1, 0.15) is 36.2 Å². The maximum absolute atomic E-state index is 13.2. The lowest BCUT2D eigenvalue weighted by molar-refractivity contribution is -0.133. The van der Waals surface area contributed by atoms with E-state index < -0.39 is 29.9 Å². The van der Waals surface area contributed by atoms with Crippen molar-refractivity contribution in [1.29, 1.82) is 0 Å². The molecule has 2 aromatic rings. The minimum Gasteiger partial charge on any atom is -0.490 e. The number of hydrogen-bond acceptors (Lipinski definition) is 6. The van der Waals surface area contributed by atoms with E-state index in [1.165, 1.54) is 13.0 Å². The third-order valence-electron chi connectivity index (χ3n) is 5.45. The molecule has 0 aromatic heterocycles. The Morgan fingerprint density at radius 3 is 2.59 bits per heavy atom. The first-order chi connectivity index (χ1) is 15.3. The molecule has 166 valence electrons. The molecule has 0 bridgehead atoms. The van der Waals surface area contributed by atoms with E-state index in [1.54, 1.807) is 43.3 Å². The van der Waals surface area contributed by atoms with Gasteiger partial charge in [-0.25, -0.2) is 4.79 Å². The van der Waals surface area contributed by atoms with E-state index in [9.17, 15) is 19.2 Å². The number of carbonyl (C=O) groups excluding carboxylic acids is 4. The lowest BCUT2D eigenvalue weighted by Crippen LogP contribution is -2.42. The van der Waals surface area contributed by atoms with Gasteiger partial charge in [-0.2, -0.15) is 0 Å². The van der Waals surface area contributed by atoms with Gasteiger partial charge in [-0.1, -0.05) is 18.2 Å². The van der Waals surface area contributed by atoms with Crippen molar-refractivity contribution in [3.8, 4) is 11.5 Å². The first-order valence-corrected chi connectivity index (χ1v) is 10.2. The van der Waals surface area contributed by atoms with E-state index >= 15 is 0 Å². The fourth-order valence-corrected chi connectivity index (χ4v) is 3.67. The van der Waals surface area contributed by atoms with E-state index in [0.29, 0.717) is 41.5 Å². The number of carbonyl (C=O) groups is 4. The average molecular weight is 437 g/mol. The molecular formula is C23H23N3O6. The summed E-state index contributed by atoms with van der Waals surface area (Å²) in [6.45, 7) is 3.58. The second-order valence-corrected chi connectivity index (χ2v) is 7.84. The van der Waals surface area contributed by atoms with Crippen LogP contribution in [0.3, 0.4) is 0 Å². The lowest BCUT2D eigenvalue weighted by atomic mass is 9.91. The van der Waals surface area contributed by atoms with Crippen LogP contribution in [0.25, 0.3) is 0 Å². The van der Waals surface area contributed by atoms with Crippen molar-refractivity contribution < 1.29 is 28.7 Å². The van der Waals surface area contributed by atoms with Crippen molar-refractivity contribution in [2.75, 3.05) is 25.1 Å². The molecule has 2 aromatic carbocycles. The summed E-state index contributed by atoms with van der Waals surface area (Å²) >= 11 is 0. The molecule has 2 aliphatic rings. The SMILES string of the molecule is CC(=O)c1cccc(NC(=O)CN2C(=O)NC(C)(c3ccc4c(c3)OCCCO4)C2=O)c1. The number of Topliss-reactive ketones (excluding diaryl/α,β-unsaturated/α-hetero) is 1. The van der Waals surface area contributed by atoms with Crippen molar-refractivity contribution >= 4 is 29.3 Å². The largest absolute Gasteiger partial charge is 0.490 e. The summed E-state index contributed by atoms with van der Waals surface area (Å²) in [4.78, 5) is 50.6. The summed E-state index contributed by atoms with van der Waals surface area (Å²) in [5.41, 5.74) is 0.0220. The van der Waals surface area contributed by atoms with Crippen LogP contribution in [0.5, 0.6) is 11.5 Å². The number of amides is 4. The second kappa shape index (κ2) is 8.33. The van der Waals surface area contributed by atoms with Crippen molar-refractivity contribution in [3.63, 3.8) is 0 Å². The van der Waals surface area contributed by atoms with Crippen molar-refractivity contribution in [1.82, 2.24) is 10.2 Å². The normalized spacial score (nSPS) is 19.9. The van der Waals surface area contributed by atoms with Crippen LogP contribution in [0, 0.1) is 0 Å². The second-order valence-electron chi connectivity index (χ2n) is 7.84. The summed E-state index contributed by atoms with van der Waals surface area (Å²) in [7, 11) is 0. The monoisotopic (exact) mass is 437 g/mol. The molecule has 0 radical (unpaired) electrons. The Morgan fingerprint density at radius 1 is 1.09 bits per heavy atom. The Labute approximate surface area is 184 Å². The zero-order valence-electron chi connectivity index (χ0n) is 17.8. The zero-order chi connectivity index (χ0) is 22.9. The molecule has 32 heavy (non-hydrogen) atoms. The summed E-state index contributed by atoms with van der Waals surface area (Å²) in [5, 5.41) is 5.30. The molecule has 2 heterocycles. The van der Waals surface area contributed by atoms with Crippen LogP contribution in [0.4, 0.5) is 10.5 Å². The summed E-state index contributed by atoms with van der Waals surface area (Å²) < 4.78 is 11.3. The third-order valence-corrected chi connectivity index (χ3v) is 5.45. The van der Waals surface area contributed by atoms with Crippen molar-refractivity contribution in [2.24, 2.45) is 0 Å². The number of anilines is 1. The van der Waals surface area contributed by atoms with E-state index in [0.717, 1.165) is 11.3 Å². The number of fused-ring (bicyclic) bond motifs is 1. The number of nitrogens with zero attached hydrogens (tertiary/aromatic N) is 1. The van der Waals surface area contributed by atoms with E-state index in [2.05, 4.69) is 10.6 Å². The Hall–Kier alpha value is -3.88. The van der Waals surface area contributed by atoms with Crippen LogP contribution >= 0.6 is 0 Å². The summed E-state index contributed by atoms with van der Waals surface area (Å²) in [5.74, 6) is -0.164. The molecule has 1 saturated heterocycles. The molecule has 9 heteroatoms. The quantitative estimate of drug-likeness (QED) is 0.549. The highest BCUT2D eigenvalue weighted by Crippen LogP contribution is 2.36. The first-order valence-electron chi connectivity index (χ1n) is 10.2. The molecule has 2 aliphatic heterocycles. The molecule has 1 atom stereocenters. The molecule has 2 N–H and O–H groups in total. The highest BCUT2D eigenvalue weighted by atomic mass is 16.5. The molecule has 0 saturated carbocycles. The van der Waals surface area contributed by atoms with Gasteiger partial charge >= 0.3 is 6.03 Å². The van der Waals surface area contributed by atoms with Gasteiger partial charge in [0.2, 0.25) is 5.91 Å². The van der Waals surface area contributed by atoms with Crippen LogP contribution in [0.2, 0.25) is 0 Å². The smallest absolute Gasteiger partial charge is 0.325 e. The molecule has 4 amide bonds. The Kier molecular flexibility index (Phi) is 5.56. The average Bonchev–Trinajstić information content (AvgIpc) is 2.93. The number of urea groups is 1. The van der Waals surface area contributed by atoms with Gasteiger partial charge in [-0.3, -0.25) is 19.3 Å². The molecular weight excluding hydrogens is 414 g/mol. The minimum absolute atomic E-state index is 0.138. The lowest BCUT2D eigenvalue weighted by Gasteiger charge is -2.23. The van der Waals surface area contributed by atoms with Gasteiger partial charge in [-0.05, 0) is 43.7 Å². The van der Waals surface area contributed by atoms with Gasteiger partial charge in [0.25, 0.3) is 5.91 Å². The van der Waals surface area contributed by atoms with Gasteiger partial charge in [-0.15, -0.1) is 0 Å². The number of rotatable bonds is 5. The van der Waals surface area contributed by atoms with Crippen molar-refractivity contribution in [2.45, 2.75) is 25.8 Å². The van der Waals surface area contributed by atoms with Gasteiger partial charge in [0, 0.05) is 17.7 Å². The molecule has 0 aliphatic carbocycles. The summed E-state index contributed by atoms with van der Waals surface area (Å²) in [6, 6.07) is 10.8. The van der Waals surface area contributed by atoms with Gasteiger partial charge < -0.3 is 20.1 Å². The fourth-order valence-electron chi connectivity index (χ4n) is 3.67. The molecule has 4 rings (SSSR count). The number of ketones is 1. The Bertz CT molecular complexity index is 1110. The molecule has 9 nitrogen and oxygen atoms in total. The molecule has 0 spiro atoms. The predicted octanol–water partition coefficient (Wildman–Crippen LogP) is 2.46. The van der Waals surface area contributed by atoms with Gasteiger partial charge in [0.05, 0.1) is 13.2 Å². The van der Waals surface area contributed by atoms with E-state index in [4.69, 9.17) is 9.47 Å². The third kappa shape index (κ3) is 4.01. The van der Waals surface area contributed by atoms with Gasteiger partial charge in [0.1, 0.15) is 12.1 Å². The van der Waals surface area contributed by atoms with Crippen LogP contribution in [-0.2, 0) is 15.1 Å². The molecule has 1 unspecified atom stereocenters. The van der Waals surface area contributed by atoms with Crippen LogP contribution in [-0.4, -0.2) is 48.3 Å². The fraction of sp³-hybridized carbons (Fsp3) is 0.304. The van der Waals surface area contributed by atoms with E-state index in [-0.39, 0.29) is 5.78 Å². The number of nitrogens with one attached hydrogen (secondary N) is 2. The first kappa shape index (κ1) is 21.4. The van der Waals surface area contributed by atoms with Crippen LogP contribution in [0.15, 0.2) is 42.5 Å². The number of imide groups is 1. The van der Waals surface area contributed by atoms with E-state index in [1.807, 2.05) is 0 Å². The maximum atomic E-state index is 13.2. The minimum atomic E-state index is -1.35. The number of benzene rings is 2. The molecule has 1 fully saturated rings. The number of hydrogen-bond donors (Lipinski definition) is 2. The Balaban J connectivity index is 1.50. The topological polar surface area (TPSA) is 114 Å². The highest BCUT2D eigenvalue weighted by molar-refractivity contribution is 6.10. The standard InChI is InChI=1S/C23H23N3O6/c1-14(27)15-5-3-6-17(11-15)24-20(28)13-26-21(29)23(2,25-22(26)30)16-7-8-18-19(12-16)32-10-4-9-31-18/h3,5-8,11-12H,4,9-10,13H2,1-2H3,(H,24,28)(H,25,30). The highest BCUT2D eigenvalue weighted by Gasteiger charge is 2.49. The Morgan fingerprint density at radius 2 is 1.84 bits per heavy atom. The number of ether oxygens (including phenoxy) is 2.